The number of anilines is 1. The highest BCUT2D eigenvalue weighted by Crippen LogP contribution is 2.25. The molecule has 100 valence electrons. The third-order valence-electron chi connectivity index (χ3n) is 2.81. The number of hydrogen-bond acceptors (Lipinski definition) is 2. The van der Waals surface area contributed by atoms with Crippen LogP contribution < -0.4 is 5.32 Å². The smallest absolute Gasteiger partial charge is 0.265 e. The molecule has 0 atom stereocenters. The van der Waals surface area contributed by atoms with Crippen LogP contribution in [0.15, 0.2) is 40.2 Å². The third-order valence-corrected chi connectivity index (χ3v) is 4.43. The number of amides is 1. The summed E-state index contributed by atoms with van der Waals surface area (Å²) in [5, 5.41) is 2.90. The van der Waals surface area contributed by atoms with Gasteiger partial charge in [0, 0.05) is 5.69 Å². The van der Waals surface area contributed by atoms with Crippen molar-refractivity contribution in [3.63, 3.8) is 0 Å². The molecule has 0 spiro atoms. The highest BCUT2D eigenvalue weighted by molar-refractivity contribution is 9.11. The summed E-state index contributed by atoms with van der Waals surface area (Å²) in [6, 6.07) is 11.7. The minimum Gasteiger partial charge on any atom is -0.321 e. The Morgan fingerprint density at radius 3 is 2.21 bits per heavy atom. The van der Waals surface area contributed by atoms with E-state index in [-0.39, 0.29) is 11.3 Å². The van der Waals surface area contributed by atoms with Gasteiger partial charge in [-0.15, -0.1) is 11.3 Å². The van der Waals surface area contributed by atoms with Crippen molar-refractivity contribution in [1.29, 1.82) is 0 Å². The van der Waals surface area contributed by atoms with Crippen molar-refractivity contribution in [3.05, 3.63) is 50.6 Å². The zero-order valence-electron chi connectivity index (χ0n) is 11.2. The van der Waals surface area contributed by atoms with E-state index in [1.54, 1.807) is 0 Å². The molecular formula is C15H16BrNOS. The molecule has 0 fully saturated rings. The largest absolute Gasteiger partial charge is 0.321 e. The van der Waals surface area contributed by atoms with E-state index in [4.69, 9.17) is 0 Å². The van der Waals surface area contributed by atoms with E-state index in [1.165, 1.54) is 16.9 Å². The topological polar surface area (TPSA) is 29.1 Å². The minimum absolute atomic E-state index is 0.0702. The summed E-state index contributed by atoms with van der Waals surface area (Å²) < 4.78 is 0.959. The van der Waals surface area contributed by atoms with Gasteiger partial charge in [0.1, 0.15) is 0 Å². The highest BCUT2D eigenvalue weighted by atomic mass is 79.9. The maximum absolute atomic E-state index is 12.0. The van der Waals surface area contributed by atoms with Gasteiger partial charge in [-0.3, -0.25) is 4.79 Å². The van der Waals surface area contributed by atoms with E-state index in [9.17, 15) is 4.79 Å². The standard InChI is InChI=1S/C15H16BrNOS/c1-15(2,3)10-4-6-11(7-5-10)17-14(18)12-8-9-13(16)19-12/h4-9H,1-3H3,(H,17,18). The van der Waals surface area contributed by atoms with Crippen LogP contribution in [0.4, 0.5) is 5.69 Å². The van der Waals surface area contributed by atoms with Crippen LogP contribution in [0.2, 0.25) is 0 Å². The first kappa shape index (κ1) is 14.3. The summed E-state index contributed by atoms with van der Waals surface area (Å²) in [5.74, 6) is -0.0702. The molecule has 0 aliphatic carbocycles. The molecule has 4 heteroatoms. The van der Waals surface area contributed by atoms with Gasteiger partial charge in [0.05, 0.1) is 8.66 Å². The second-order valence-corrected chi connectivity index (χ2v) is 7.85. The van der Waals surface area contributed by atoms with E-state index >= 15 is 0 Å². The van der Waals surface area contributed by atoms with Crippen molar-refractivity contribution in [2.45, 2.75) is 26.2 Å². The predicted octanol–water partition coefficient (Wildman–Crippen LogP) is 5.06. The van der Waals surface area contributed by atoms with Crippen LogP contribution in [0.5, 0.6) is 0 Å². The predicted molar refractivity (Wildman–Crippen MR) is 85.1 cm³/mol. The summed E-state index contributed by atoms with van der Waals surface area (Å²) >= 11 is 4.78. The van der Waals surface area contributed by atoms with Gasteiger partial charge in [-0.2, -0.15) is 0 Å². The van der Waals surface area contributed by atoms with Crippen LogP contribution >= 0.6 is 27.3 Å². The fraction of sp³-hybridized carbons (Fsp3) is 0.267. The molecule has 0 aliphatic heterocycles. The van der Waals surface area contributed by atoms with Crippen molar-refractivity contribution in [2.24, 2.45) is 0 Å². The average Bonchev–Trinajstić information content (AvgIpc) is 2.75. The molecule has 0 aliphatic rings. The first-order valence-electron chi connectivity index (χ1n) is 6.03. The Bertz CT molecular complexity index is 581. The zero-order valence-corrected chi connectivity index (χ0v) is 13.6. The molecule has 2 rings (SSSR count). The Morgan fingerprint density at radius 1 is 1.11 bits per heavy atom. The molecule has 2 nitrogen and oxygen atoms in total. The van der Waals surface area contributed by atoms with Gasteiger partial charge in [-0.05, 0) is 51.2 Å². The molecule has 1 amide bonds. The van der Waals surface area contributed by atoms with Crippen LogP contribution in [-0.4, -0.2) is 5.91 Å². The molecule has 1 N–H and O–H groups in total. The minimum atomic E-state index is -0.0702. The van der Waals surface area contributed by atoms with Gasteiger partial charge in [0.25, 0.3) is 5.91 Å². The van der Waals surface area contributed by atoms with Gasteiger partial charge in [0.2, 0.25) is 0 Å². The third kappa shape index (κ3) is 3.67. The van der Waals surface area contributed by atoms with Crippen molar-refractivity contribution in [3.8, 4) is 0 Å². The van der Waals surface area contributed by atoms with Gasteiger partial charge < -0.3 is 5.32 Å². The van der Waals surface area contributed by atoms with Gasteiger partial charge in [-0.1, -0.05) is 32.9 Å². The molecule has 0 bridgehead atoms. The lowest BCUT2D eigenvalue weighted by atomic mass is 9.87. The Balaban J connectivity index is 2.10. The lowest BCUT2D eigenvalue weighted by Crippen LogP contribution is -2.12. The quantitative estimate of drug-likeness (QED) is 0.815. The lowest BCUT2D eigenvalue weighted by Gasteiger charge is -2.19. The lowest BCUT2D eigenvalue weighted by molar-refractivity contribution is 0.103. The molecule has 0 saturated heterocycles. The Hall–Kier alpha value is -1.13. The molecule has 0 unspecified atom stereocenters. The molecular weight excluding hydrogens is 322 g/mol. The highest BCUT2D eigenvalue weighted by Gasteiger charge is 2.13. The summed E-state index contributed by atoms with van der Waals surface area (Å²) in [4.78, 5) is 12.7. The Labute approximate surface area is 126 Å². The van der Waals surface area contributed by atoms with Crippen molar-refractivity contribution in [2.75, 3.05) is 5.32 Å². The molecule has 1 aromatic heterocycles. The van der Waals surface area contributed by atoms with Crippen LogP contribution in [-0.2, 0) is 5.41 Å². The average molecular weight is 338 g/mol. The number of benzene rings is 1. The molecule has 1 heterocycles. The molecule has 2 aromatic rings. The van der Waals surface area contributed by atoms with Crippen LogP contribution in [0.3, 0.4) is 0 Å². The van der Waals surface area contributed by atoms with Crippen molar-refractivity contribution < 1.29 is 4.79 Å². The van der Waals surface area contributed by atoms with E-state index in [2.05, 4.69) is 54.2 Å². The van der Waals surface area contributed by atoms with Crippen LogP contribution in [0.25, 0.3) is 0 Å². The number of hydrogen-bond donors (Lipinski definition) is 1. The molecule has 19 heavy (non-hydrogen) atoms. The summed E-state index contributed by atoms with van der Waals surface area (Å²) in [6.45, 7) is 6.51. The second kappa shape index (κ2) is 5.47. The number of nitrogens with one attached hydrogen (secondary N) is 1. The number of carbonyl (C=O) groups excluding carboxylic acids is 1. The van der Waals surface area contributed by atoms with E-state index in [0.29, 0.717) is 4.88 Å². The second-order valence-electron chi connectivity index (χ2n) is 5.39. The van der Waals surface area contributed by atoms with E-state index < -0.39 is 0 Å². The molecule has 1 aromatic carbocycles. The molecule has 0 saturated carbocycles. The number of thiophene rings is 1. The number of carbonyl (C=O) groups is 1. The summed E-state index contributed by atoms with van der Waals surface area (Å²) in [5.41, 5.74) is 2.20. The Morgan fingerprint density at radius 2 is 1.74 bits per heavy atom. The summed E-state index contributed by atoms with van der Waals surface area (Å²) in [6.07, 6.45) is 0. The maximum atomic E-state index is 12.0. The van der Waals surface area contributed by atoms with Gasteiger partial charge in [0.15, 0.2) is 0 Å². The zero-order chi connectivity index (χ0) is 14.0. The summed E-state index contributed by atoms with van der Waals surface area (Å²) in [7, 11) is 0. The first-order valence-corrected chi connectivity index (χ1v) is 7.64. The fourth-order valence-corrected chi connectivity index (χ4v) is 2.96. The van der Waals surface area contributed by atoms with Crippen LogP contribution in [0, 0.1) is 0 Å². The van der Waals surface area contributed by atoms with Crippen LogP contribution in [0.1, 0.15) is 36.0 Å². The Kier molecular flexibility index (Phi) is 4.11. The SMILES string of the molecule is CC(C)(C)c1ccc(NC(=O)c2ccc(Br)s2)cc1. The molecule has 0 radical (unpaired) electrons. The van der Waals surface area contributed by atoms with Gasteiger partial charge >= 0.3 is 0 Å². The monoisotopic (exact) mass is 337 g/mol. The van der Waals surface area contributed by atoms with E-state index in [1.807, 2.05) is 24.3 Å². The van der Waals surface area contributed by atoms with E-state index in [0.717, 1.165) is 9.47 Å². The van der Waals surface area contributed by atoms with Crippen molar-refractivity contribution in [1.82, 2.24) is 0 Å². The van der Waals surface area contributed by atoms with Gasteiger partial charge in [-0.25, -0.2) is 0 Å². The maximum Gasteiger partial charge on any atom is 0.265 e. The first-order chi connectivity index (χ1) is 8.86. The fourth-order valence-electron chi connectivity index (χ4n) is 1.68. The number of rotatable bonds is 2. The number of halogens is 1. The normalized spacial score (nSPS) is 11.4. The van der Waals surface area contributed by atoms with Crippen molar-refractivity contribution >= 4 is 38.9 Å².